The second-order valence-electron chi connectivity index (χ2n) is 12.3. The van der Waals surface area contributed by atoms with Crippen molar-refractivity contribution in [3.8, 4) is 0 Å². The molecule has 0 heterocycles. The van der Waals surface area contributed by atoms with Crippen LogP contribution in [-0.4, -0.2) is 45.2 Å². The first-order chi connectivity index (χ1) is 12.9. The van der Waals surface area contributed by atoms with Crippen LogP contribution in [0.1, 0.15) is 83.1 Å². The van der Waals surface area contributed by atoms with Crippen molar-refractivity contribution in [3.05, 3.63) is 49.0 Å². The first-order valence-electron chi connectivity index (χ1n) is 10.8. The van der Waals surface area contributed by atoms with Crippen LogP contribution < -0.4 is 4.40 Å². The van der Waals surface area contributed by atoms with E-state index in [0.29, 0.717) is 8.49 Å². The van der Waals surface area contributed by atoms with Gasteiger partial charge in [-0.1, -0.05) is 0 Å². The minimum atomic E-state index is -1.76. The summed E-state index contributed by atoms with van der Waals surface area (Å²) in [6.45, 7) is 29.0. The fourth-order valence-corrected chi connectivity index (χ4v) is 34.4. The van der Waals surface area contributed by atoms with Gasteiger partial charge >= 0.3 is 201 Å². The van der Waals surface area contributed by atoms with E-state index >= 15 is 0 Å². The Balaban J connectivity index is 3.78. The first-order valence-corrected chi connectivity index (χ1v) is 18.2. The van der Waals surface area contributed by atoms with E-state index in [9.17, 15) is 0 Å². The third-order valence-electron chi connectivity index (χ3n) is 3.78. The summed E-state index contributed by atoms with van der Waals surface area (Å²) in [7, 11) is 0. The molecule has 5 radical (unpaired) electrons. The molecule has 0 bridgehead atoms. The zero-order valence-electron chi connectivity index (χ0n) is 21.0. The van der Waals surface area contributed by atoms with Crippen LogP contribution in [0.4, 0.5) is 0 Å². The zero-order chi connectivity index (χ0) is 22.7. The van der Waals surface area contributed by atoms with E-state index in [1.54, 1.807) is 4.40 Å². The van der Waals surface area contributed by atoms with Crippen molar-refractivity contribution in [1.82, 2.24) is 0 Å². The summed E-state index contributed by atoms with van der Waals surface area (Å²) in [6.07, 6.45) is 5.40. The zero-order valence-corrected chi connectivity index (χ0v) is 27.3. The molecule has 29 heavy (non-hydrogen) atoms. The van der Waals surface area contributed by atoms with Crippen LogP contribution in [-0.2, 0) is 0 Å². The topological polar surface area (TPSA) is 0 Å². The Morgan fingerprint density at radius 1 is 0.621 bits per heavy atom. The summed E-state index contributed by atoms with van der Waals surface area (Å²) in [6, 6.07) is 11.6. The van der Waals surface area contributed by atoms with Crippen molar-refractivity contribution in [2.45, 2.75) is 91.6 Å². The monoisotopic (exact) mass is 577 g/mol. The van der Waals surface area contributed by atoms with Gasteiger partial charge in [-0.25, -0.2) is 0 Å². The molecule has 3 heteroatoms. The molecule has 0 saturated carbocycles. The van der Waals surface area contributed by atoms with Crippen molar-refractivity contribution < 1.29 is 0 Å². The van der Waals surface area contributed by atoms with Crippen molar-refractivity contribution in [1.29, 1.82) is 0 Å². The molecule has 1 aromatic carbocycles. The predicted octanol–water partition coefficient (Wildman–Crippen LogP) is 7.17. The molecule has 0 nitrogen and oxygen atoms in total. The number of benzene rings is 1. The number of hydrogen-bond acceptors (Lipinski definition) is 0. The molecule has 1 rings (SSSR count). The Morgan fingerprint density at radius 2 is 0.966 bits per heavy atom. The second-order valence-corrected chi connectivity index (χ2v) is 31.4. The van der Waals surface area contributed by atoms with Gasteiger partial charge in [0.15, 0.2) is 0 Å². The van der Waals surface area contributed by atoms with Gasteiger partial charge in [0.1, 0.15) is 0 Å². The molecule has 0 fully saturated rings. The average molecular weight is 573 g/mol. The van der Waals surface area contributed by atoms with Crippen molar-refractivity contribution in [2.24, 2.45) is 10.8 Å². The molecule has 0 aliphatic rings. The van der Waals surface area contributed by atoms with Gasteiger partial charge in [0.2, 0.25) is 0 Å². The Bertz CT molecular complexity index is 656. The van der Waals surface area contributed by atoms with Crippen LogP contribution in [0.15, 0.2) is 49.0 Å². The van der Waals surface area contributed by atoms with E-state index in [1.165, 1.54) is 0 Å². The van der Waals surface area contributed by atoms with Crippen LogP contribution >= 0.6 is 0 Å². The third kappa shape index (κ3) is 12.1. The maximum absolute atomic E-state index is 2.70. The second kappa shape index (κ2) is 10.3. The molecule has 159 valence electrons. The summed E-state index contributed by atoms with van der Waals surface area (Å²) >= 11 is -2.13. The third-order valence-corrected chi connectivity index (χ3v) is 21.6. The maximum atomic E-state index is 2.70. The van der Waals surface area contributed by atoms with Crippen molar-refractivity contribution in [3.63, 3.8) is 0 Å². The van der Waals surface area contributed by atoms with E-state index in [-0.39, 0.29) is 41.7 Å². The predicted molar refractivity (Wildman–Crippen MR) is 138 cm³/mol. The summed E-state index contributed by atoms with van der Waals surface area (Å²) < 4.78 is 6.29. The molecule has 0 unspecified atom stereocenters. The van der Waals surface area contributed by atoms with Gasteiger partial charge in [-0.2, -0.15) is 0 Å². The molecule has 0 amide bonds. The average Bonchev–Trinajstić information content (AvgIpc) is 2.41. The van der Waals surface area contributed by atoms with Crippen molar-refractivity contribution in [2.75, 3.05) is 0 Å². The van der Waals surface area contributed by atoms with Crippen LogP contribution in [0.2, 0.25) is 8.49 Å². The molecule has 0 aliphatic heterocycles. The molecule has 0 atom stereocenters. The summed E-state index contributed by atoms with van der Waals surface area (Å²) in [5, 5.41) is 0. The quantitative estimate of drug-likeness (QED) is 0.328. The molecule has 0 saturated heterocycles. The number of allylic oxidation sites excluding steroid dienone is 2. The van der Waals surface area contributed by atoms with E-state index in [0.717, 1.165) is 0 Å². The Labute approximate surface area is 199 Å². The number of hydrogen-bond donors (Lipinski definition) is 0. The van der Waals surface area contributed by atoms with Gasteiger partial charge in [-0.15, -0.1) is 0 Å². The van der Waals surface area contributed by atoms with E-state index in [4.69, 9.17) is 0 Å². The standard InChI is InChI=1S/C26H43Ge3/c1-23(2,3)18-21(27-25(7,8)9)29(20-16-14-13-15-17-20)22(19-24(4,5)6)28-26(10,11)12/h13-19H,1-12H3/b21-18-,22-19-. The molecular formula is C26H43Ge3. The SMILES string of the molecule is CC(C)(C)/C=[C](/[Ge][C](C)(C)C)[Ge](/[C](=C\C(C)(C)C)[Ge][C](C)(C)C)[c]1ccccc1. The van der Waals surface area contributed by atoms with Crippen LogP contribution in [0, 0.1) is 10.8 Å². The Hall–Kier alpha value is 0.329. The molecule has 1 aromatic rings. The Kier molecular flexibility index (Phi) is 9.72. The van der Waals surface area contributed by atoms with Gasteiger partial charge in [0.05, 0.1) is 0 Å². The normalized spacial score (nSPS) is 15.2. The van der Waals surface area contributed by atoms with Gasteiger partial charge in [0, 0.05) is 0 Å². The molecule has 0 aliphatic carbocycles. The van der Waals surface area contributed by atoms with E-state index < -0.39 is 14.3 Å². The van der Waals surface area contributed by atoms with Crippen LogP contribution in [0.5, 0.6) is 0 Å². The summed E-state index contributed by atoms with van der Waals surface area (Å²) in [5.41, 5.74) is 0.484. The van der Waals surface area contributed by atoms with Gasteiger partial charge in [-0.3, -0.25) is 0 Å². The first kappa shape index (κ1) is 27.4. The summed E-state index contributed by atoms with van der Waals surface area (Å²) in [5.74, 6) is 0. The fraction of sp³-hybridized carbons (Fsp3) is 0.615. The van der Waals surface area contributed by atoms with Gasteiger partial charge in [0.25, 0.3) is 0 Å². The molecular weight excluding hydrogens is 530 g/mol. The van der Waals surface area contributed by atoms with Gasteiger partial charge in [-0.05, 0) is 0 Å². The van der Waals surface area contributed by atoms with E-state index in [2.05, 4.69) is 126 Å². The number of rotatable bonds is 5. The van der Waals surface area contributed by atoms with Crippen LogP contribution in [0.25, 0.3) is 0 Å². The van der Waals surface area contributed by atoms with E-state index in [1.807, 2.05) is 6.48 Å². The fourth-order valence-electron chi connectivity index (χ4n) is 3.08. The van der Waals surface area contributed by atoms with Crippen molar-refractivity contribution >= 4 is 49.6 Å². The molecule has 0 aromatic heterocycles. The summed E-state index contributed by atoms with van der Waals surface area (Å²) in [4.78, 5) is 0. The molecule has 0 N–H and O–H groups in total. The van der Waals surface area contributed by atoms with Gasteiger partial charge < -0.3 is 0 Å². The molecule has 0 spiro atoms. The van der Waals surface area contributed by atoms with Crippen LogP contribution in [0.3, 0.4) is 0 Å². The minimum absolute atomic E-state index is 0.188. The Morgan fingerprint density at radius 3 is 1.24 bits per heavy atom.